The Morgan fingerprint density at radius 3 is 2.14 bits per heavy atom. The number of ether oxygens (including phenoxy) is 1. The van der Waals surface area contributed by atoms with Crippen molar-refractivity contribution in [2.45, 2.75) is 62.9 Å². The number of hydrogen-bond donors (Lipinski definition) is 3. The lowest BCUT2D eigenvalue weighted by atomic mass is 9.79. The van der Waals surface area contributed by atoms with E-state index in [-0.39, 0.29) is 42.7 Å². The molecule has 7 heteroatoms. The molecule has 0 bridgehead atoms. The molecule has 35 heavy (non-hydrogen) atoms. The molecule has 2 saturated carbocycles. The Morgan fingerprint density at radius 1 is 0.914 bits per heavy atom. The van der Waals surface area contributed by atoms with Crippen LogP contribution < -0.4 is 10.6 Å². The Hall–Kier alpha value is -3.35. The number of carboxylic acids is 1. The summed E-state index contributed by atoms with van der Waals surface area (Å²) in [5.41, 5.74) is 4.69. The number of carbonyl (C=O) groups is 3. The van der Waals surface area contributed by atoms with Gasteiger partial charge in [-0.05, 0) is 59.8 Å². The maximum atomic E-state index is 12.7. The van der Waals surface area contributed by atoms with E-state index >= 15 is 0 Å². The molecule has 3 aliphatic rings. The molecule has 3 N–H and O–H groups in total. The molecule has 2 aromatic rings. The molecule has 2 amide bonds. The average molecular weight is 477 g/mol. The molecule has 2 fully saturated rings. The molecule has 184 valence electrons. The SMILES string of the molecule is O=C(CC1CCCC1NC(=O)OCC1c2ccccc2-c2ccccc21)NC(C(=O)O)C1CCC1. The molecule has 0 heterocycles. The molecule has 0 radical (unpaired) electrons. The number of amides is 2. The Bertz CT molecular complexity index is 1070. The fourth-order valence-electron chi connectivity index (χ4n) is 5.89. The molecule has 0 saturated heterocycles. The monoisotopic (exact) mass is 476 g/mol. The number of carbonyl (C=O) groups excluding carboxylic acids is 2. The van der Waals surface area contributed by atoms with Crippen LogP contribution in [0.3, 0.4) is 0 Å². The third kappa shape index (κ3) is 4.90. The second kappa shape index (κ2) is 10.1. The number of alkyl carbamates (subject to hydrolysis) is 1. The molecule has 0 spiro atoms. The molecule has 5 rings (SSSR count). The second-order valence-electron chi connectivity index (χ2n) is 10.0. The van der Waals surface area contributed by atoms with Gasteiger partial charge in [0.1, 0.15) is 12.6 Å². The minimum Gasteiger partial charge on any atom is -0.480 e. The molecule has 2 aromatic carbocycles. The van der Waals surface area contributed by atoms with Crippen LogP contribution in [-0.4, -0.2) is 41.8 Å². The normalized spacial score (nSPS) is 21.9. The van der Waals surface area contributed by atoms with Crippen LogP contribution in [-0.2, 0) is 14.3 Å². The van der Waals surface area contributed by atoms with Crippen LogP contribution >= 0.6 is 0 Å². The lowest BCUT2D eigenvalue weighted by Crippen LogP contribution is -2.49. The molecule has 7 nitrogen and oxygen atoms in total. The minimum atomic E-state index is -0.970. The zero-order chi connectivity index (χ0) is 24.4. The predicted octanol–water partition coefficient (Wildman–Crippen LogP) is 4.45. The van der Waals surface area contributed by atoms with Crippen molar-refractivity contribution < 1.29 is 24.2 Å². The first-order chi connectivity index (χ1) is 17.0. The third-order valence-corrected chi connectivity index (χ3v) is 7.96. The fraction of sp³-hybridized carbons (Fsp3) is 0.464. The lowest BCUT2D eigenvalue weighted by Gasteiger charge is -2.32. The van der Waals surface area contributed by atoms with Crippen LogP contribution in [0.25, 0.3) is 11.1 Å². The van der Waals surface area contributed by atoms with Gasteiger partial charge in [-0.2, -0.15) is 0 Å². The second-order valence-corrected chi connectivity index (χ2v) is 10.0. The minimum absolute atomic E-state index is 0.00207. The van der Waals surface area contributed by atoms with Crippen molar-refractivity contribution in [1.82, 2.24) is 10.6 Å². The van der Waals surface area contributed by atoms with E-state index in [2.05, 4.69) is 34.9 Å². The summed E-state index contributed by atoms with van der Waals surface area (Å²) in [4.78, 5) is 36.9. The summed E-state index contributed by atoms with van der Waals surface area (Å²) in [6.45, 7) is 0.249. The van der Waals surface area contributed by atoms with Gasteiger partial charge in [0.15, 0.2) is 0 Å². The summed E-state index contributed by atoms with van der Waals surface area (Å²) in [6, 6.07) is 15.5. The maximum Gasteiger partial charge on any atom is 0.407 e. The van der Waals surface area contributed by atoms with Crippen molar-refractivity contribution in [1.29, 1.82) is 0 Å². The van der Waals surface area contributed by atoms with Gasteiger partial charge in [-0.3, -0.25) is 4.79 Å². The summed E-state index contributed by atoms with van der Waals surface area (Å²) in [6.07, 6.45) is 4.96. The number of benzene rings is 2. The first kappa shape index (κ1) is 23.4. The average Bonchev–Trinajstić information content (AvgIpc) is 3.37. The van der Waals surface area contributed by atoms with Crippen molar-refractivity contribution in [2.24, 2.45) is 11.8 Å². The number of fused-ring (bicyclic) bond motifs is 3. The number of rotatable bonds is 8. The topological polar surface area (TPSA) is 105 Å². The van der Waals surface area contributed by atoms with Gasteiger partial charge in [0, 0.05) is 18.4 Å². The Labute approximate surface area is 205 Å². The summed E-state index contributed by atoms with van der Waals surface area (Å²) >= 11 is 0. The predicted molar refractivity (Wildman–Crippen MR) is 131 cm³/mol. The van der Waals surface area contributed by atoms with E-state index in [1.54, 1.807) is 0 Å². The first-order valence-corrected chi connectivity index (χ1v) is 12.6. The van der Waals surface area contributed by atoms with Crippen LogP contribution in [0.2, 0.25) is 0 Å². The van der Waals surface area contributed by atoms with E-state index < -0.39 is 18.1 Å². The molecule has 0 aliphatic heterocycles. The van der Waals surface area contributed by atoms with E-state index in [1.165, 1.54) is 11.1 Å². The standard InChI is InChI=1S/C28H32N2O5/c31-25(30-26(27(32)33)17-7-5-8-17)15-18-9-6-14-24(18)29-28(34)35-16-23-21-12-3-1-10-19(21)20-11-2-4-13-22(20)23/h1-4,10-13,17-18,23-24,26H,5-9,14-16H2,(H,29,34)(H,30,31)(H,32,33). The highest BCUT2D eigenvalue weighted by Gasteiger charge is 2.36. The first-order valence-electron chi connectivity index (χ1n) is 12.6. The molecular weight excluding hydrogens is 444 g/mol. The van der Waals surface area contributed by atoms with Crippen molar-refractivity contribution in [2.75, 3.05) is 6.61 Å². The highest BCUT2D eigenvalue weighted by Crippen LogP contribution is 2.44. The van der Waals surface area contributed by atoms with Crippen molar-refractivity contribution in [3.05, 3.63) is 59.7 Å². The maximum absolute atomic E-state index is 12.7. The molecule has 3 aliphatic carbocycles. The summed E-state index contributed by atoms with van der Waals surface area (Å²) in [7, 11) is 0. The Balaban J connectivity index is 1.15. The summed E-state index contributed by atoms with van der Waals surface area (Å²) < 4.78 is 5.68. The van der Waals surface area contributed by atoms with Crippen LogP contribution in [0.1, 0.15) is 62.0 Å². The summed E-state index contributed by atoms with van der Waals surface area (Å²) in [5, 5.41) is 15.2. The van der Waals surface area contributed by atoms with Gasteiger partial charge in [-0.1, -0.05) is 61.4 Å². The number of aliphatic carboxylic acids is 1. The van der Waals surface area contributed by atoms with Gasteiger partial charge < -0.3 is 20.5 Å². The van der Waals surface area contributed by atoms with Crippen molar-refractivity contribution in [3.63, 3.8) is 0 Å². The van der Waals surface area contributed by atoms with Gasteiger partial charge >= 0.3 is 12.1 Å². The van der Waals surface area contributed by atoms with Gasteiger partial charge in [-0.25, -0.2) is 9.59 Å². The van der Waals surface area contributed by atoms with E-state index in [0.717, 1.165) is 49.7 Å². The van der Waals surface area contributed by atoms with Gasteiger partial charge in [0.05, 0.1) is 0 Å². The van der Waals surface area contributed by atoms with Crippen molar-refractivity contribution in [3.8, 4) is 11.1 Å². The van der Waals surface area contributed by atoms with Crippen molar-refractivity contribution >= 4 is 18.0 Å². The van der Waals surface area contributed by atoms with E-state index in [9.17, 15) is 19.5 Å². The van der Waals surface area contributed by atoms with Gasteiger partial charge in [0.2, 0.25) is 5.91 Å². The van der Waals surface area contributed by atoms with Crippen LogP contribution in [0.5, 0.6) is 0 Å². The highest BCUT2D eigenvalue weighted by molar-refractivity contribution is 5.84. The van der Waals surface area contributed by atoms with Gasteiger partial charge in [-0.15, -0.1) is 0 Å². The quantitative estimate of drug-likeness (QED) is 0.522. The number of hydrogen-bond acceptors (Lipinski definition) is 4. The van der Waals surface area contributed by atoms with Crippen LogP contribution in [0.15, 0.2) is 48.5 Å². The van der Waals surface area contributed by atoms with E-state index in [4.69, 9.17) is 4.74 Å². The molecule has 3 atom stereocenters. The lowest BCUT2D eigenvalue weighted by molar-refractivity contribution is -0.144. The smallest absolute Gasteiger partial charge is 0.407 e. The van der Waals surface area contributed by atoms with Crippen LogP contribution in [0.4, 0.5) is 4.79 Å². The molecule has 0 aromatic heterocycles. The number of nitrogens with one attached hydrogen (secondary N) is 2. The molecular formula is C28H32N2O5. The third-order valence-electron chi connectivity index (χ3n) is 7.96. The van der Waals surface area contributed by atoms with Gasteiger partial charge in [0.25, 0.3) is 0 Å². The zero-order valence-electron chi connectivity index (χ0n) is 19.7. The Kier molecular flexibility index (Phi) is 6.75. The highest BCUT2D eigenvalue weighted by atomic mass is 16.5. The number of carboxylic acid groups (broad SMARTS) is 1. The van der Waals surface area contributed by atoms with E-state index in [0.29, 0.717) is 0 Å². The molecule has 3 unspecified atom stereocenters. The zero-order valence-corrected chi connectivity index (χ0v) is 19.7. The van der Waals surface area contributed by atoms with Crippen LogP contribution in [0, 0.1) is 11.8 Å². The fourth-order valence-corrected chi connectivity index (χ4v) is 5.89. The van der Waals surface area contributed by atoms with E-state index in [1.807, 2.05) is 24.3 Å². The Morgan fingerprint density at radius 2 is 1.54 bits per heavy atom. The summed E-state index contributed by atoms with van der Waals surface area (Å²) in [5.74, 6) is -1.22. The largest absolute Gasteiger partial charge is 0.480 e.